The summed E-state index contributed by atoms with van der Waals surface area (Å²) in [5.41, 5.74) is 0.754. The largest absolute Gasteiger partial charge is 0.492 e. The molecule has 0 atom stereocenters. The van der Waals surface area contributed by atoms with E-state index in [1.54, 1.807) is 57.2 Å². The normalized spacial score (nSPS) is 10.7. The van der Waals surface area contributed by atoms with Crippen LogP contribution in [0.1, 0.15) is 31.1 Å². The highest BCUT2D eigenvalue weighted by Gasteiger charge is 2.15. The van der Waals surface area contributed by atoms with Gasteiger partial charge >= 0.3 is 6.09 Å². The SMILES string of the molecule is CC(C)(C)OC(=O)NCCOc1ccc(NC(=O)c2ccccc2)cc1. The first-order chi connectivity index (χ1) is 12.3. The van der Waals surface area contributed by atoms with E-state index in [1.165, 1.54) is 0 Å². The molecule has 0 aliphatic heterocycles. The summed E-state index contributed by atoms with van der Waals surface area (Å²) >= 11 is 0. The van der Waals surface area contributed by atoms with Gasteiger partial charge in [-0.05, 0) is 57.2 Å². The van der Waals surface area contributed by atoms with E-state index >= 15 is 0 Å². The lowest BCUT2D eigenvalue weighted by atomic mass is 10.2. The highest BCUT2D eigenvalue weighted by molar-refractivity contribution is 6.04. The highest BCUT2D eigenvalue weighted by atomic mass is 16.6. The number of anilines is 1. The molecule has 2 aromatic rings. The van der Waals surface area contributed by atoms with Gasteiger partial charge in [0, 0.05) is 11.3 Å². The molecule has 6 nitrogen and oxygen atoms in total. The molecule has 0 unspecified atom stereocenters. The van der Waals surface area contributed by atoms with E-state index in [1.807, 2.05) is 18.2 Å². The molecule has 2 rings (SSSR count). The van der Waals surface area contributed by atoms with Crippen LogP contribution in [-0.4, -0.2) is 30.8 Å². The minimum Gasteiger partial charge on any atom is -0.492 e. The Morgan fingerprint density at radius 3 is 2.23 bits per heavy atom. The minimum absolute atomic E-state index is 0.166. The molecule has 0 spiro atoms. The number of amides is 2. The van der Waals surface area contributed by atoms with Crippen molar-refractivity contribution < 1.29 is 19.1 Å². The van der Waals surface area contributed by atoms with Gasteiger partial charge in [-0.15, -0.1) is 0 Å². The lowest BCUT2D eigenvalue weighted by Gasteiger charge is -2.19. The second-order valence-electron chi connectivity index (χ2n) is 6.62. The van der Waals surface area contributed by atoms with E-state index < -0.39 is 11.7 Å². The molecule has 2 N–H and O–H groups in total. The number of hydrogen-bond acceptors (Lipinski definition) is 4. The van der Waals surface area contributed by atoms with Gasteiger partial charge in [0.1, 0.15) is 18.0 Å². The average molecular weight is 356 g/mol. The summed E-state index contributed by atoms with van der Waals surface area (Å²) in [6.07, 6.45) is -0.472. The van der Waals surface area contributed by atoms with Crippen molar-refractivity contribution in [2.75, 3.05) is 18.5 Å². The van der Waals surface area contributed by atoms with Crippen LogP contribution in [0.4, 0.5) is 10.5 Å². The quantitative estimate of drug-likeness (QED) is 0.771. The molecule has 0 heterocycles. The first-order valence-corrected chi connectivity index (χ1v) is 8.39. The molecule has 0 aromatic heterocycles. The van der Waals surface area contributed by atoms with Crippen LogP contribution >= 0.6 is 0 Å². The van der Waals surface area contributed by atoms with Crippen molar-refractivity contribution in [2.45, 2.75) is 26.4 Å². The number of alkyl carbamates (subject to hydrolysis) is 1. The third-order valence-corrected chi connectivity index (χ3v) is 3.19. The van der Waals surface area contributed by atoms with Crippen LogP contribution in [0.2, 0.25) is 0 Å². The van der Waals surface area contributed by atoms with Gasteiger partial charge in [0.15, 0.2) is 0 Å². The Hall–Kier alpha value is -3.02. The molecule has 0 bridgehead atoms. The maximum atomic E-state index is 12.1. The second kappa shape index (κ2) is 8.89. The van der Waals surface area contributed by atoms with Crippen LogP contribution in [-0.2, 0) is 4.74 Å². The van der Waals surface area contributed by atoms with E-state index in [-0.39, 0.29) is 5.91 Å². The van der Waals surface area contributed by atoms with Gasteiger partial charge in [-0.1, -0.05) is 18.2 Å². The van der Waals surface area contributed by atoms with Crippen molar-refractivity contribution >= 4 is 17.7 Å². The monoisotopic (exact) mass is 356 g/mol. The number of carbonyl (C=O) groups excluding carboxylic acids is 2. The highest BCUT2D eigenvalue weighted by Crippen LogP contribution is 2.16. The number of carbonyl (C=O) groups is 2. The van der Waals surface area contributed by atoms with Crippen molar-refractivity contribution in [1.29, 1.82) is 0 Å². The van der Waals surface area contributed by atoms with Crippen molar-refractivity contribution in [3.63, 3.8) is 0 Å². The van der Waals surface area contributed by atoms with Crippen LogP contribution in [0.25, 0.3) is 0 Å². The Morgan fingerprint density at radius 1 is 0.962 bits per heavy atom. The molecule has 6 heteroatoms. The fourth-order valence-electron chi connectivity index (χ4n) is 2.06. The zero-order valence-corrected chi connectivity index (χ0v) is 15.2. The van der Waals surface area contributed by atoms with Crippen molar-refractivity contribution in [1.82, 2.24) is 5.32 Å². The maximum absolute atomic E-state index is 12.1. The molecule has 2 amide bonds. The predicted molar refractivity (Wildman–Crippen MR) is 101 cm³/mol. The van der Waals surface area contributed by atoms with Gasteiger partial charge in [-0.25, -0.2) is 4.79 Å². The zero-order chi connectivity index (χ0) is 19.0. The number of ether oxygens (including phenoxy) is 2. The predicted octanol–water partition coefficient (Wildman–Crippen LogP) is 3.84. The molecule has 138 valence electrons. The average Bonchev–Trinajstić information content (AvgIpc) is 2.59. The first kappa shape index (κ1) is 19.3. The molecule has 0 saturated heterocycles. The molecule has 26 heavy (non-hydrogen) atoms. The van der Waals surface area contributed by atoms with E-state index in [2.05, 4.69) is 10.6 Å². The van der Waals surface area contributed by atoms with Gasteiger partial charge in [0.05, 0.1) is 6.54 Å². The first-order valence-electron chi connectivity index (χ1n) is 8.39. The Balaban J connectivity index is 1.74. The molecule has 0 fully saturated rings. The third kappa shape index (κ3) is 6.84. The Bertz CT molecular complexity index is 722. The summed E-state index contributed by atoms with van der Waals surface area (Å²) in [4.78, 5) is 23.6. The molecule has 0 aliphatic carbocycles. The fraction of sp³-hybridized carbons (Fsp3) is 0.300. The third-order valence-electron chi connectivity index (χ3n) is 3.19. The summed E-state index contributed by atoms with van der Waals surface area (Å²) in [7, 11) is 0. The summed E-state index contributed by atoms with van der Waals surface area (Å²) < 4.78 is 10.7. The number of nitrogens with one attached hydrogen (secondary N) is 2. The molecular weight excluding hydrogens is 332 g/mol. The van der Waals surface area contributed by atoms with Crippen molar-refractivity contribution in [3.8, 4) is 5.75 Å². The summed E-state index contributed by atoms with van der Waals surface area (Å²) in [5.74, 6) is 0.481. The molecule has 2 aromatic carbocycles. The maximum Gasteiger partial charge on any atom is 0.407 e. The van der Waals surface area contributed by atoms with E-state index in [4.69, 9.17) is 9.47 Å². The van der Waals surface area contributed by atoms with Crippen molar-refractivity contribution in [2.24, 2.45) is 0 Å². The Labute approximate surface area is 153 Å². The Kier molecular flexibility index (Phi) is 6.60. The molecule has 0 aliphatic rings. The van der Waals surface area contributed by atoms with Gasteiger partial charge in [0.25, 0.3) is 5.91 Å². The van der Waals surface area contributed by atoms with E-state index in [0.29, 0.717) is 30.2 Å². The molecule has 0 saturated carbocycles. The van der Waals surface area contributed by atoms with Crippen LogP contribution in [0.15, 0.2) is 54.6 Å². The van der Waals surface area contributed by atoms with Crippen LogP contribution < -0.4 is 15.4 Å². The minimum atomic E-state index is -0.523. The number of rotatable bonds is 6. The smallest absolute Gasteiger partial charge is 0.407 e. The van der Waals surface area contributed by atoms with Crippen molar-refractivity contribution in [3.05, 3.63) is 60.2 Å². The summed E-state index contributed by atoms with van der Waals surface area (Å²) in [6, 6.07) is 16.0. The van der Waals surface area contributed by atoms with E-state index in [0.717, 1.165) is 0 Å². The fourth-order valence-corrected chi connectivity index (χ4v) is 2.06. The van der Waals surface area contributed by atoms with Crippen LogP contribution in [0.3, 0.4) is 0 Å². The van der Waals surface area contributed by atoms with Crippen LogP contribution in [0.5, 0.6) is 5.75 Å². The molecule has 0 radical (unpaired) electrons. The van der Waals surface area contributed by atoms with Crippen LogP contribution in [0, 0.1) is 0 Å². The van der Waals surface area contributed by atoms with E-state index in [9.17, 15) is 9.59 Å². The number of hydrogen-bond donors (Lipinski definition) is 2. The summed E-state index contributed by atoms with van der Waals surface area (Å²) in [5, 5.41) is 5.44. The lowest BCUT2D eigenvalue weighted by molar-refractivity contribution is 0.0520. The number of benzene rings is 2. The standard InChI is InChI=1S/C20H24N2O4/c1-20(2,3)26-19(24)21-13-14-25-17-11-9-16(10-12-17)22-18(23)15-7-5-4-6-8-15/h4-12H,13-14H2,1-3H3,(H,21,24)(H,22,23). The van der Waals surface area contributed by atoms with Gasteiger partial charge < -0.3 is 20.1 Å². The zero-order valence-electron chi connectivity index (χ0n) is 15.2. The van der Waals surface area contributed by atoms with Gasteiger partial charge in [-0.2, -0.15) is 0 Å². The van der Waals surface area contributed by atoms with Gasteiger partial charge in [-0.3, -0.25) is 4.79 Å². The summed E-state index contributed by atoms with van der Waals surface area (Å²) in [6.45, 7) is 6.07. The van der Waals surface area contributed by atoms with Gasteiger partial charge in [0.2, 0.25) is 0 Å². The Morgan fingerprint density at radius 2 is 1.62 bits per heavy atom. The topological polar surface area (TPSA) is 76.7 Å². The molecular formula is C20H24N2O4. The lowest BCUT2D eigenvalue weighted by Crippen LogP contribution is -2.34. The second-order valence-corrected chi connectivity index (χ2v) is 6.62.